The predicted molar refractivity (Wildman–Crippen MR) is 91.9 cm³/mol. The molecule has 132 valence electrons. The Hall–Kier alpha value is -2.52. The van der Waals surface area contributed by atoms with Gasteiger partial charge in [-0.15, -0.1) is 11.3 Å². The third kappa shape index (κ3) is 4.52. The number of thiazole rings is 1. The van der Waals surface area contributed by atoms with E-state index in [9.17, 15) is 9.59 Å². The van der Waals surface area contributed by atoms with Crippen molar-refractivity contribution in [3.05, 3.63) is 35.0 Å². The quantitative estimate of drug-likeness (QED) is 0.802. The standard InChI is InChI=1S/C16H18N4O4S/c1-17-13(21)7-10-9-25-16(19-10)20-14(22)12-3-2-5-18-15(12)24-11-4-6-23-8-11/h2-3,5,9,11H,4,6-8H2,1H3,(H,17,21)(H,19,20,22)/t11-/m1/s1. The number of amides is 2. The number of hydrogen-bond donors (Lipinski definition) is 2. The second-order valence-corrected chi connectivity index (χ2v) is 6.27. The van der Waals surface area contributed by atoms with Crippen LogP contribution in [0.4, 0.5) is 5.13 Å². The molecule has 25 heavy (non-hydrogen) atoms. The molecule has 2 N–H and O–H groups in total. The Morgan fingerprint density at radius 1 is 1.48 bits per heavy atom. The van der Waals surface area contributed by atoms with Gasteiger partial charge in [0.05, 0.1) is 25.3 Å². The van der Waals surface area contributed by atoms with E-state index in [-0.39, 0.29) is 30.2 Å². The summed E-state index contributed by atoms with van der Waals surface area (Å²) in [6.45, 7) is 1.14. The molecule has 0 saturated carbocycles. The van der Waals surface area contributed by atoms with Gasteiger partial charge in [-0.2, -0.15) is 0 Å². The minimum Gasteiger partial charge on any atom is -0.471 e. The average molecular weight is 362 g/mol. The van der Waals surface area contributed by atoms with Gasteiger partial charge < -0.3 is 14.8 Å². The van der Waals surface area contributed by atoms with Crippen LogP contribution in [0.3, 0.4) is 0 Å². The van der Waals surface area contributed by atoms with E-state index in [4.69, 9.17) is 9.47 Å². The summed E-state index contributed by atoms with van der Waals surface area (Å²) in [6.07, 6.45) is 2.42. The van der Waals surface area contributed by atoms with Crippen molar-refractivity contribution in [1.82, 2.24) is 15.3 Å². The smallest absolute Gasteiger partial charge is 0.262 e. The van der Waals surface area contributed by atoms with Gasteiger partial charge in [0.2, 0.25) is 11.8 Å². The van der Waals surface area contributed by atoms with Crippen LogP contribution in [0.25, 0.3) is 0 Å². The van der Waals surface area contributed by atoms with E-state index in [1.807, 2.05) is 0 Å². The first-order valence-corrected chi connectivity index (χ1v) is 8.69. The molecule has 3 rings (SSSR count). The van der Waals surface area contributed by atoms with Crippen LogP contribution in [0.2, 0.25) is 0 Å². The van der Waals surface area contributed by atoms with Crippen LogP contribution < -0.4 is 15.4 Å². The highest BCUT2D eigenvalue weighted by atomic mass is 32.1. The molecule has 1 aliphatic rings. The van der Waals surface area contributed by atoms with Gasteiger partial charge >= 0.3 is 0 Å². The number of nitrogens with zero attached hydrogens (tertiary/aromatic N) is 2. The summed E-state index contributed by atoms with van der Waals surface area (Å²) in [5.41, 5.74) is 0.933. The van der Waals surface area contributed by atoms with E-state index >= 15 is 0 Å². The van der Waals surface area contributed by atoms with Crippen LogP contribution in [0.1, 0.15) is 22.5 Å². The van der Waals surface area contributed by atoms with Gasteiger partial charge in [0, 0.05) is 25.0 Å². The van der Waals surface area contributed by atoms with Gasteiger partial charge in [-0.05, 0) is 12.1 Å². The van der Waals surface area contributed by atoms with Gasteiger partial charge in [-0.25, -0.2) is 9.97 Å². The van der Waals surface area contributed by atoms with Crippen LogP contribution in [0.5, 0.6) is 5.88 Å². The summed E-state index contributed by atoms with van der Waals surface area (Å²) >= 11 is 1.26. The number of aromatic nitrogens is 2. The Morgan fingerprint density at radius 3 is 3.12 bits per heavy atom. The zero-order valence-corrected chi connectivity index (χ0v) is 14.5. The summed E-state index contributed by atoms with van der Waals surface area (Å²) < 4.78 is 11.0. The van der Waals surface area contributed by atoms with Crippen LogP contribution in [0.15, 0.2) is 23.7 Å². The molecule has 0 bridgehead atoms. The van der Waals surface area contributed by atoms with Crippen LogP contribution >= 0.6 is 11.3 Å². The second-order valence-electron chi connectivity index (χ2n) is 5.41. The van der Waals surface area contributed by atoms with E-state index in [0.717, 1.165) is 6.42 Å². The van der Waals surface area contributed by atoms with Crippen LogP contribution in [-0.2, 0) is 16.0 Å². The van der Waals surface area contributed by atoms with E-state index < -0.39 is 0 Å². The SMILES string of the molecule is CNC(=O)Cc1csc(NC(=O)c2cccnc2O[C@@H]2CCOC2)n1. The first kappa shape index (κ1) is 17.3. The Kier molecular flexibility index (Phi) is 5.56. The van der Waals surface area contributed by atoms with E-state index in [1.54, 1.807) is 30.8 Å². The molecule has 3 heterocycles. The third-order valence-corrected chi connectivity index (χ3v) is 4.38. The summed E-state index contributed by atoms with van der Waals surface area (Å²) in [7, 11) is 1.57. The normalized spacial score (nSPS) is 16.4. The summed E-state index contributed by atoms with van der Waals surface area (Å²) in [4.78, 5) is 32.3. The van der Waals surface area contributed by atoms with Gasteiger partial charge in [-0.3, -0.25) is 14.9 Å². The number of anilines is 1. The van der Waals surface area contributed by atoms with Crippen molar-refractivity contribution in [3.63, 3.8) is 0 Å². The maximum atomic E-state index is 12.5. The summed E-state index contributed by atoms with van der Waals surface area (Å²) in [6, 6.07) is 3.32. The third-order valence-electron chi connectivity index (χ3n) is 3.57. The number of likely N-dealkylation sites (N-methyl/N-ethyl adjacent to an activating group) is 1. The highest BCUT2D eigenvalue weighted by molar-refractivity contribution is 7.14. The molecule has 1 fully saturated rings. The molecule has 0 aromatic carbocycles. The number of carbonyl (C=O) groups excluding carboxylic acids is 2. The summed E-state index contributed by atoms with van der Waals surface area (Å²) in [5, 5.41) is 7.41. The van der Waals surface area contributed by atoms with Crippen molar-refractivity contribution < 1.29 is 19.1 Å². The monoisotopic (exact) mass is 362 g/mol. The minimum atomic E-state index is -0.358. The lowest BCUT2D eigenvalue weighted by Crippen LogP contribution is -2.21. The Labute approximate surface area is 148 Å². The van der Waals surface area contributed by atoms with E-state index in [1.165, 1.54) is 11.3 Å². The Bertz CT molecular complexity index is 758. The number of nitrogens with one attached hydrogen (secondary N) is 2. The van der Waals surface area contributed by atoms with E-state index in [0.29, 0.717) is 29.6 Å². The molecule has 9 heteroatoms. The molecule has 1 atom stereocenters. The van der Waals surface area contributed by atoms with Crippen LogP contribution in [-0.4, -0.2) is 48.1 Å². The maximum absolute atomic E-state index is 12.5. The molecular weight excluding hydrogens is 344 g/mol. The predicted octanol–water partition coefficient (Wildman–Crippen LogP) is 1.25. The average Bonchev–Trinajstić information content (AvgIpc) is 3.27. The van der Waals surface area contributed by atoms with Gasteiger partial charge in [0.15, 0.2) is 5.13 Å². The molecule has 0 aliphatic carbocycles. The lowest BCUT2D eigenvalue weighted by atomic mass is 10.2. The summed E-state index contributed by atoms with van der Waals surface area (Å²) in [5.74, 6) is -0.217. The number of hydrogen-bond acceptors (Lipinski definition) is 7. The van der Waals surface area contributed by atoms with Crippen molar-refractivity contribution in [1.29, 1.82) is 0 Å². The fourth-order valence-electron chi connectivity index (χ4n) is 2.28. The zero-order chi connectivity index (χ0) is 17.6. The number of pyridine rings is 1. The topological polar surface area (TPSA) is 102 Å². The number of ether oxygens (including phenoxy) is 2. The van der Waals surface area contributed by atoms with Gasteiger partial charge in [-0.1, -0.05) is 0 Å². The minimum absolute atomic E-state index is 0.0968. The Balaban J connectivity index is 1.68. The van der Waals surface area contributed by atoms with E-state index in [2.05, 4.69) is 20.6 Å². The lowest BCUT2D eigenvalue weighted by Gasteiger charge is -2.13. The highest BCUT2D eigenvalue weighted by Crippen LogP contribution is 2.22. The molecule has 0 spiro atoms. The second kappa shape index (κ2) is 8.04. The number of rotatable bonds is 6. The van der Waals surface area contributed by atoms with Gasteiger partial charge in [0.1, 0.15) is 11.7 Å². The van der Waals surface area contributed by atoms with Crippen molar-refractivity contribution in [3.8, 4) is 5.88 Å². The fraction of sp³-hybridized carbons (Fsp3) is 0.375. The van der Waals surface area contributed by atoms with Gasteiger partial charge in [0.25, 0.3) is 5.91 Å². The molecule has 0 unspecified atom stereocenters. The maximum Gasteiger partial charge on any atom is 0.262 e. The Morgan fingerprint density at radius 2 is 2.36 bits per heavy atom. The van der Waals surface area contributed by atoms with Crippen molar-refractivity contribution in [2.45, 2.75) is 18.9 Å². The van der Waals surface area contributed by atoms with Crippen molar-refractivity contribution >= 4 is 28.3 Å². The molecule has 0 radical (unpaired) electrons. The molecule has 2 amide bonds. The molecule has 8 nitrogen and oxygen atoms in total. The molecule has 2 aromatic rings. The first-order valence-electron chi connectivity index (χ1n) is 7.81. The number of carbonyl (C=O) groups is 2. The largest absolute Gasteiger partial charge is 0.471 e. The van der Waals surface area contributed by atoms with Crippen molar-refractivity contribution in [2.75, 3.05) is 25.6 Å². The fourth-order valence-corrected chi connectivity index (χ4v) is 2.99. The van der Waals surface area contributed by atoms with Crippen LogP contribution in [0, 0.1) is 0 Å². The molecule has 1 saturated heterocycles. The zero-order valence-electron chi connectivity index (χ0n) is 13.7. The molecule has 2 aromatic heterocycles. The molecular formula is C16H18N4O4S. The first-order chi connectivity index (χ1) is 12.2. The highest BCUT2D eigenvalue weighted by Gasteiger charge is 2.22. The molecule has 1 aliphatic heterocycles. The van der Waals surface area contributed by atoms with Crippen molar-refractivity contribution in [2.24, 2.45) is 0 Å². The lowest BCUT2D eigenvalue weighted by molar-refractivity contribution is -0.120.